The van der Waals surface area contributed by atoms with Crippen LogP contribution in [0.4, 0.5) is 11.4 Å². The summed E-state index contributed by atoms with van der Waals surface area (Å²) in [5, 5.41) is 9.36. The first kappa shape index (κ1) is 27.2. The number of rotatable bonds is 0. The summed E-state index contributed by atoms with van der Waals surface area (Å²) in [5.41, 5.74) is 8.16. The molecule has 2 aromatic heterocycles. The van der Waals surface area contributed by atoms with Gasteiger partial charge in [0.1, 0.15) is 11.7 Å². The first-order chi connectivity index (χ1) is 24.8. The third-order valence-corrected chi connectivity index (χ3v) is 10.2. The molecule has 11 rings (SSSR count). The van der Waals surface area contributed by atoms with E-state index in [0.717, 1.165) is 77.8 Å². The van der Waals surface area contributed by atoms with Crippen LogP contribution >= 0.6 is 0 Å². The first-order valence-corrected chi connectivity index (χ1v) is 17.0. The van der Waals surface area contributed by atoms with Crippen molar-refractivity contribution in [2.75, 3.05) is 0 Å². The molecular weight excluding hydrogens is 609 g/mol. The van der Waals surface area contributed by atoms with Crippen LogP contribution in [0.25, 0.3) is 65.2 Å². The second kappa shape index (κ2) is 10.4. The molecule has 0 spiro atoms. The van der Waals surface area contributed by atoms with E-state index < -0.39 is 0 Å². The molecule has 0 fully saturated rings. The molecule has 1 aliphatic heterocycles. The lowest BCUT2D eigenvalue weighted by Crippen LogP contribution is -2.19. The molecule has 0 saturated carbocycles. The second-order valence-corrected chi connectivity index (χ2v) is 13.0. The fourth-order valence-electron chi connectivity index (χ4n) is 7.99. The molecule has 8 aromatic carbocycles. The molecule has 50 heavy (non-hydrogen) atoms. The van der Waals surface area contributed by atoms with Gasteiger partial charge >= 0.3 is 0 Å². The summed E-state index contributed by atoms with van der Waals surface area (Å²) in [4.78, 5) is 11.5. The van der Waals surface area contributed by atoms with Crippen LogP contribution in [-0.2, 0) is 0 Å². The van der Waals surface area contributed by atoms with E-state index >= 15 is 0 Å². The van der Waals surface area contributed by atoms with Gasteiger partial charge in [-0.25, -0.2) is 9.98 Å². The smallest absolute Gasteiger partial charge is 0.147 e. The second-order valence-electron chi connectivity index (χ2n) is 13.0. The van der Waals surface area contributed by atoms with E-state index in [9.17, 15) is 0 Å². The highest BCUT2D eigenvalue weighted by molar-refractivity contribution is 6.24. The number of hydrogen-bond acceptors (Lipinski definition) is 2. The predicted octanol–water partition coefficient (Wildman–Crippen LogP) is 11.8. The molecule has 4 heteroatoms. The number of aliphatic imine (C=N–C) groups is 2. The van der Waals surface area contributed by atoms with Crippen molar-refractivity contribution in [3.63, 3.8) is 0 Å². The highest BCUT2D eigenvalue weighted by Gasteiger charge is 2.26. The van der Waals surface area contributed by atoms with Gasteiger partial charge in [0, 0.05) is 32.7 Å². The summed E-state index contributed by atoms with van der Waals surface area (Å²) in [6, 6.07) is 60.6. The van der Waals surface area contributed by atoms with E-state index in [1.54, 1.807) is 0 Å². The Morgan fingerprint density at radius 2 is 0.580 bits per heavy atom. The highest BCUT2D eigenvalue weighted by Crippen LogP contribution is 2.40. The SMILES string of the molecule is c1ccc2cc3c(cc2c1)N=C(n1c2ccccc2c2ccccc21)c1cc2ccccc2cc1N=C3n1c2ccccc2c2ccccc21. The number of fused-ring (bicyclic) bond motifs is 10. The largest absolute Gasteiger partial charge is 0.293 e. The molecule has 4 nitrogen and oxygen atoms in total. The van der Waals surface area contributed by atoms with Crippen molar-refractivity contribution in [3.8, 4) is 0 Å². The Hall–Kier alpha value is -6.78. The zero-order valence-corrected chi connectivity index (χ0v) is 27.0. The van der Waals surface area contributed by atoms with Crippen molar-refractivity contribution >= 4 is 88.2 Å². The Morgan fingerprint density at radius 3 is 0.920 bits per heavy atom. The Kier molecular flexibility index (Phi) is 5.63. The van der Waals surface area contributed by atoms with Crippen LogP contribution in [-0.4, -0.2) is 20.8 Å². The topological polar surface area (TPSA) is 34.6 Å². The minimum absolute atomic E-state index is 0.852. The molecule has 0 unspecified atom stereocenters. The molecule has 0 atom stereocenters. The average Bonchev–Trinajstić information content (AvgIpc) is 3.68. The van der Waals surface area contributed by atoms with E-state index in [2.05, 4.69) is 179 Å². The Labute approximate surface area is 287 Å². The van der Waals surface area contributed by atoms with Crippen molar-refractivity contribution in [3.05, 3.63) is 181 Å². The van der Waals surface area contributed by atoms with Gasteiger partial charge in [-0.2, -0.15) is 0 Å². The molecule has 0 N–H and O–H groups in total. The van der Waals surface area contributed by atoms with Gasteiger partial charge in [0.2, 0.25) is 0 Å². The predicted molar refractivity (Wildman–Crippen MR) is 210 cm³/mol. The Bertz CT molecular complexity index is 2780. The standard InChI is InChI=1S/C46H28N4/c1-3-15-31-27-39-37(25-29(31)13-1)45(49-41-21-9-5-17-33(41)34-18-6-10-22-42(34)49)48-40-28-32-16-4-2-14-30(32)26-38(40)46(47-39)50-43-23-11-7-19-35(43)36-20-8-12-24-44(36)50/h1-28H. The Morgan fingerprint density at radius 1 is 0.300 bits per heavy atom. The zero-order valence-electron chi connectivity index (χ0n) is 27.0. The number of nitrogens with zero attached hydrogens (tertiary/aromatic N) is 4. The van der Waals surface area contributed by atoms with Gasteiger partial charge in [0.05, 0.1) is 33.4 Å². The van der Waals surface area contributed by atoms with Crippen LogP contribution in [0.1, 0.15) is 11.1 Å². The molecule has 3 heterocycles. The minimum Gasteiger partial charge on any atom is -0.293 e. The van der Waals surface area contributed by atoms with Crippen LogP contribution < -0.4 is 0 Å². The zero-order chi connectivity index (χ0) is 32.8. The molecule has 0 radical (unpaired) electrons. The van der Waals surface area contributed by atoms with Crippen LogP contribution in [0.3, 0.4) is 0 Å². The van der Waals surface area contributed by atoms with Crippen LogP contribution in [0, 0.1) is 0 Å². The van der Waals surface area contributed by atoms with Crippen LogP contribution in [0.2, 0.25) is 0 Å². The molecule has 1 aliphatic rings. The summed E-state index contributed by atoms with van der Waals surface area (Å²) < 4.78 is 4.66. The molecule has 232 valence electrons. The molecular formula is C46H28N4. The maximum Gasteiger partial charge on any atom is 0.147 e. The van der Waals surface area contributed by atoms with Gasteiger partial charge in [0.25, 0.3) is 0 Å². The summed E-state index contributed by atoms with van der Waals surface area (Å²) in [6.07, 6.45) is 0. The van der Waals surface area contributed by atoms with Gasteiger partial charge in [0.15, 0.2) is 0 Å². The van der Waals surface area contributed by atoms with E-state index in [-0.39, 0.29) is 0 Å². The van der Waals surface area contributed by atoms with Gasteiger partial charge in [-0.15, -0.1) is 0 Å². The van der Waals surface area contributed by atoms with E-state index in [4.69, 9.17) is 9.98 Å². The lowest BCUT2D eigenvalue weighted by atomic mass is 10.0. The van der Waals surface area contributed by atoms with Crippen molar-refractivity contribution in [1.82, 2.24) is 9.13 Å². The summed E-state index contributed by atoms with van der Waals surface area (Å²) in [6.45, 7) is 0. The lowest BCUT2D eigenvalue weighted by molar-refractivity contribution is 1.21. The fraction of sp³-hybridized carbons (Fsp3) is 0. The van der Waals surface area contributed by atoms with Gasteiger partial charge < -0.3 is 0 Å². The minimum atomic E-state index is 0.852. The number of aromatic nitrogens is 2. The summed E-state index contributed by atoms with van der Waals surface area (Å²) >= 11 is 0. The summed E-state index contributed by atoms with van der Waals surface area (Å²) in [5.74, 6) is 1.70. The van der Waals surface area contributed by atoms with Gasteiger partial charge in [-0.3, -0.25) is 9.13 Å². The van der Waals surface area contributed by atoms with Crippen molar-refractivity contribution in [1.29, 1.82) is 0 Å². The van der Waals surface area contributed by atoms with Gasteiger partial charge in [-0.05, 0) is 70.1 Å². The van der Waals surface area contributed by atoms with Crippen LogP contribution in [0.15, 0.2) is 180 Å². The first-order valence-electron chi connectivity index (χ1n) is 17.0. The van der Waals surface area contributed by atoms with Crippen LogP contribution in [0.5, 0.6) is 0 Å². The molecule has 10 aromatic rings. The monoisotopic (exact) mass is 636 g/mol. The molecule has 0 bridgehead atoms. The third-order valence-electron chi connectivity index (χ3n) is 10.2. The number of benzene rings is 8. The maximum atomic E-state index is 5.75. The highest BCUT2D eigenvalue weighted by atomic mass is 15.1. The normalized spacial score (nSPS) is 13.0. The molecule has 0 saturated heterocycles. The average molecular weight is 637 g/mol. The van der Waals surface area contributed by atoms with E-state index in [0.29, 0.717) is 0 Å². The van der Waals surface area contributed by atoms with Gasteiger partial charge in [-0.1, -0.05) is 121 Å². The van der Waals surface area contributed by atoms with E-state index in [1.165, 1.54) is 21.5 Å². The number of para-hydroxylation sites is 4. The van der Waals surface area contributed by atoms with Crippen molar-refractivity contribution < 1.29 is 0 Å². The molecule has 0 aliphatic carbocycles. The van der Waals surface area contributed by atoms with Crippen molar-refractivity contribution in [2.45, 2.75) is 0 Å². The molecule has 0 amide bonds. The van der Waals surface area contributed by atoms with E-state index in [1.807, 2.05) is 0 Å². The maximum absolute atomic E-state index is 5.75. The fourth-order valence-corrected chi connectivity index (χ4v) is 7.99. The Balaban J connectivity index is 1.34. The summed E-state index contributed by atoms with van der Waals surface area (Å²) in [7, 11) is 0. The quantitative estimate of drug-likeness (QED) is 0.159. The number of hydrogen-bond donors (Lipinski definition) is 0. The third kappa shape index (κ3) is 3.87. The lowest BCUT2D eigenvalue weighted by Gasteiger charge is -2.22. The van der Waals surface area contributed by atoms with Crippen molar-refractivity contribution in [2.24, 2.45) is 9.98 Å².